The van der Waals surface area contributed by atoms with Crippen molar-refractivity contribution in [2.45, 2.75) is 20.4 Å². The van der Waals surface area contributed by atoms with Crippen LogP contribution in [0, 0.1) is 13.8 Å². The van der Waals surface area contributed by atoms with Gasteiger partial charge in [-0.2, -0.15) is 0 Å². The van der Waals surface area contributed by atoms with E-state index in [0.717, 1.165) is 30.1 Å². The van der Waals surface area contributed by atoms with Gasteiger partial charge in [-0.1, -0.05) is 35.5 Å². The molecule has 2 amide bonds. The van der Waals surface area contributed by atoms with Gasteiger partial charge < -0.3 is 19.2 Å². The van der Waals surface area contributed by atoms with Crippen LogP contribution in [-0.4, -0.2) is 64.5 Å². The first-order valence-corrected chi connectivity index (χ1v) is 10.2. The summed E-state index contributed by atoms with van der Waals surface area (Å²) in [6.45, 7) is 7.01. The van der Waals surface area contributed by atoms with Crippen molar-refractivity contribution >= 4 is 11.8 Å². The quantitative estimate of drug-likeness (QED) is 0.647. The highest BCUT2D eigenvalue weighted by molar-refractivity contribution is 5.95. The maximum absolute atomic E-state index is 12.5. The van der Waals surface area contributed by atoms with Gasteiger partial charge in [0.1, 0.15) is 5.76 Å². The van der Waals surface area contributed by atoms with E-state index in [9.17, 15) is 9.59 Å². The number of carbonyl (C=O) groups excluding carboxylic acids is 2. The van der Waals surface area contributed by atoms with Gasteiger partial charge in [-0.15, -0.1) is 0 Å². The van der Waals surface area contributed by atoms with Crippen LogP contribution < -0.4 is 5.32 Å². The molecule has 3 aromatic rings. The van der Waals surface area contributed by atoms with Crippen LogP contribution in [0.2, 0.25) is 0 Å². The summed E-state index contributed by atoms with van der Waals surface area (Å²) in [4.78, 5) is 33.2. The zero-order chi connectivity index (χ0) is 21.8. The number of nitrogens with one attached hydrogen (secondary N) is 1. The van der Waals surface area contributed by atoms with Gasteiger partial charge in [0.05, 0.1) is 18.8 Å². The molecule has 0 aliphatic carbocycles. The van der Waals surface area contributed by atoms with Gasteiger partial charge in [0.25, 0.3) is 5.91 Å². The molecular formula is C22H25N5O4. The number of oxazole rings is 1. The number of rotatable bonds is 6. The van der Waals surface area contributed by atoms with E-state index in [1.165, 1.54) is 0 Å². The summed E-state index contributed by atoms with van der Waals surface area (Å²) >= 11 is 0. The van der Waals surface area contributed by atoms with E-state index < -0.39 is 5.91 Å². The monoisotopic (exact) mass is 423 g/mol. The Morgan fingerprint density at radius 1 is 1.10 bits per heavy atom. The minimum absolute atomic E-state index is 0.0789. The molecule has 3 heterocycles. The lowest BCUT2D eigenvalue weighted by Gasteiger charge is -2.34. The van der Waals surface area contributed by atoms with Crippen molar-refractivity contribution in [3.8, 4) is 11.3 Å². The highest BCUT2D eigenvalue weighted by Crippen LogP contribution is 2.19. The van der Waals surface area contributed by atoms with Crippen LogP contribution in [0.1, 0.15) is 27.8 Å². The Morgan fingerprint density at radius 3 is 2.52 bits per heavy atom. The predicted molar refractivity (Wildman–Crippen MR) is 112 cm³/mol. The van der Waals surface area contributed by atoms with E-state index in [-0.39, 0.29) is 18.1 Å². The molecule has 1 saturated heterocycles. The lowest BCUT2D eigenvalue weighted by atomic mass is 10.1. The molecule has 0 spiro atoms. The Labute approximate surface area is 180 Å². The van der Waals surface area contributed by atoms with Crippen molar-refractivity contribution < 1.29 is 18.5 Å². The number of carbonyl (C=O) groups is 2. The van der Waals surface area contributed by atoms with Crippen molar-refractivity contribution in [1.82, 2.24) is 25.3 Å². The van der Waals surface area contributed by atoms with Crippen molar-refractivity contribution in [1.29, 1.82) is 0 Å². The van der Waals surface area contributed by atoms with E-state index in [1.807, 2.05) is 44.2 Å². The van der Waals surface area contributed by atoms with E-state index in [4.69, 9.17) is 8.94 Å². The van der Waals surface area contributed by atoms with Crippen LogP contribution >= 0.6 is 0 Å². The molecule has 0 unspecified atom stereocenters. The number of aromatic nitrogens is 2. The number of piperazine rings is 1. The smallest absolute Gasteiger partial charge is 0.273 e. The molecule has 0 radical (unpaired) electrons. The number of hydrogen-bond donors (Lipinski definition) is 1. The van der Waals surface area contributed by atoms with Crippen LogP contribution in [0.3, 0.4) is 0 Å². The maximum atomic E-state index is 12.5. The summed E-state index contributed by atoms with van der Waals surface area (Å²) in [7, 11) is 0. The Hall–Kier alpha value is -3.46. The highest BCUT2D eigenvalue weighted by atomic mass is 16.5. The first-order valence-electron chi connectivity index (χ1n) is 10.2. The number of hydrogen-bond acceptors (Lipinski definition) is 7. The fourth-order valence-electron chi connectivity index (χ4n) is 3.43. The SMILES string of the molecule is Cc1nc(CN2CCN(C(=O)CNC(=O)c3cc(-c4ccccc4)on3)CC2)oc1C. The minimum atomic E-state index is -0.437. The van der Waals surface area contributed by atoms with Crippen LogP contribution in [0.5, 0.6) is 0 Å². The third kappa shape index (κ3) is 5.00. The van der Waals surface area contributed by atoms with Crippen molar-refractivity contribution in [2.75, 3.05) is 32.7 Å². The fourth-order valence-corrected chi connectivity index (χ4v) is 3.43. The lowest BCUT2D eigenvalue weighted by Crippen LogP contribution is -2.50. The normalized spacial score (nSPS) is 14.6. The second-order valence-electron chi connectivity index (χ2n) is 7.53. The fraction of sp³-hybridized carbons (Fsp3) is 0.364. The molecule has 4 rings (SSSR count). The van der Waals surface area contributed by atoms with Gasteiger partial charge >= 0.3 is 0 Å². The third-order valence-corrected chi connectivity index (χ3v) is 5.36. The van der Waals surface area contributed by atoms with Gasteiger partial charge in [0.15, 0.2) is 11.5 Å². The van der Waals surface area contributed by atoms with Crippen LogP contribution in [0.4, 0.5) is 0 Å². The molecular weight excluding hydrogens is 398 g/mol. The van der Waals surface area contributed by atoms with Gasteiger partial charge in [0, 0.05) is 37.8 Å². The summed E-state index contributed by atoms with van der Waals surface area (Å²) < 4.78 is 10.9. The Balaban J connectivity index is 1.23. The van der Waals surface area contributed by atoms with E-state index in [2.05, 4.69) is 20.4 Å². The van der Waals surface area contributed by atoms with Gasteiger partial charge in [-0.05, 0) is 13.8 Å². The van der Waals surface area contributed by atoms with E-state index >= 15 is 0 Å². The maximum Gasteiger partial charge on any atom is 0.273 e. The molecule has 1 N–H and O–H groups in total. The summed E-state index contributed by atoms with van der Waals surface area (Å²) in [5.41, 5.74) is 1.88. The molecule has 31 heavy (non-hydrogen) atoms. The molecule has 1 aromatic carbocycles. The zero-order valence-corrected chi connectivity index (χ0v) is 17.6. The van der Waals surface area contributed by atoms with Crippen molar-refractivity contribution in [3.05, 3.63) is 59.4 Å². The van der Waals surface area contributed by atoms with E-state index in [0.29, 0.717) is 31.3 Å². The molecule has 1 aliphatic rings. The lowest BCUT2D eigenvalue weighted by molar-refractivity contribution is -0.131. The largest absolute Gasteiger partial charge is 0.444 e. The Bertz CT molecular complexity index is 1030. The van der Waals surface area contributed by atoms with E-state index in [1.54, 1.807) is 11.0 Å². The third-order valence-electron chi connectivity index (χ3n) is 5.36. The standard InChI is InChI=1S/C22H25N5O4/c1-15-16(2)30-20(24-15)14-26-8-10-27(11-9-26)21(28)13-23-22(29)18-12-19(31-25-18)17-6-4-3-5-7-17/h3-7,12H,8-11,13-14H2,1-2H3,(H,23,29). The average molecular weight is 423 g/mol. The summed E-state index contributed by atoms with van der Waals surface area (Å²) in [5, 5.41) is 6.44. The predicted octanol–water partition coefficient (Wildman–Crippen LogP) is 2.02. The van der Waals surface area contributed by atoms with Gasteiger partial charge in [0.2, 0.25) is 11.8 Å². The van der Waals surface area contributed by atoms with Crippen LogP contribution in [0.25, 0.3) is 11.3 Å². The molecule has 0 saturated carbocycles. The molecule has 0 atom stereocenters. The molecule has 0 bridgehead atoms. The second kappa shape index (κ2) is 9.13. The minimum Gasteiger partial charge on any atom is -0.444 e. The number of amides is 2. The molecule has 162 valence electrons. The topological polar surface area (TPSA) is 105 Å². The number of nitrogens with zero attached hydrogens (tertiary/aromatic N) is 4. The Kier molecular flexibility index (Phi) is 6.13. The molecule has 9 heteroatoms. The van der Waals surface area contributed by atoms with Gasteiger partial charge in [-0.3, -0.25) is 14.5 Å². The zero-order valence-electron chi connectivity index (χ0n) is 17.6. The number of benzene rings is 1. The second-order valence-corrected chi connectivity index (χ2v) is 7.53. The summed E-state index contributed by atoms with van der Waals surface area (Å²) in [5.74, 6) is 1.48. The van der Waals surface area contributed by atoms with Gasteiger partial charge in [-0.25, -0.2) is 4.98 Å². The van der Waals surface area contributed by atoms with Crippen molar-refractivity contribution in [2.24, 2.45) is 0 Å². The molecule has 2 aromatic heterocycles. The Morgan fingerprint density at radius 2 is 1.84 bits per heavy atom. The molecule has 1 fully saturated rings. The summed E-state index contributed by atoms with van der Waals surface area (Å²) in [6.07, 6.45) is 0. The van der Waals surface area contributed by atoms with Crippen LogP contribution in [0.15, 0.2) is 45.3 Å². The first-order chi connectivity index (χ1) is 15.0. The molecule has 9 nitrogen and oxygen atoms in total. The van der Waals surface area contributed by atoms with Crippen LogP contribution in [-0.2, 0) is 11.3 Å². The van der Waals surface area contributed by atoms with Crippen molar-refractivity contribution in [3.63, 3.8) is 0 Å². The highest BCUT2D eigenvalue weighted by Gasteiger charge is 2.23. The molecule has 1 aliphatic heterocycles. The summed E-state index contributed by atoms with van der Waals surface area (Å²) in [6, 6.07) is 11.0. The number of aryl methyl sites for hydroxylation is 2. The average Bonchev–Trinajstić information content (AvgIpc) is 3.40. The first kappa shape index (κ1) is 20.8.